The quantitative estimate of drug-likeness (QED) is 0.721. The van der Waals surface area contributed by atoms with Gasteiger partial charge >= 0.3 is 0 Å². The fourth-order valence-corrected chi connectivity index (χ4v) is 0.883. The second kappa shape index (κ2) is 6.83. The molecule has 1 aromatic rings. The number of hydrogen-bond acceptors (Lipinski definition) is 2. The van der Waals surface area contributed by atoms with Gasteiger partial charge in [-0.1, -0.05) is 26.5 Å². The molecule has 0 fully saturated rings. The monoisotopic (exact) mass is 192 g/mol. The minimum atomic E-state index is -0.0991. The standard InChI is InChI=1S/C9H10N2O.C2H6/c1-3-7-11-8(4-2)10-6-5-9(11)12;1-2/h3-7H,2H2,1H3;1-2H3/b7-3-;. The van der Waals surface area contributed by atoms with Gasteiger partial charge in [-0.05, 0) is 13.0 Å². The lowest BCUT2D eigenvalue weighted by molar-refractivity contribution is 0.965. The zero-order valence-corrected chi connectivity index (χ0v) is 8.90. The van der Waals surface area contributed by atoms with Gasteiger partial charge in [0.05, 0.1) is 0 Å². The Morgan fingerprint density at radius 2 is 2.14 bits per heavy atom. The van der Waals surface area contributed by atoms with Crippen molar-refractivity contribution >= 4 is 12.3 Å². The topological polar surface area (TPSA) is 34.9 Å². The summed E-state index contributed by atoms with van der Waals surface area (Å²) in [7, 11) is 0. The van der Waals surface area contributed by atoms with Crippen molar-refractivity contribution in [1.82, 2.24) is 9.55 Å². The molecule has 0 saturated heterocycles. The van der Waals surface area contributed by atoms with E-state index in [0.29, 0.717) is 5.82 Å². The lowest BCUT2D eigenvalue weighted by Gasteiger charge is -2.00. The summed E-state index contributed by atoms with van der Waals surface area (Å²) < 4.78 is 1.44. The summed E-state index contributed by atoms with van der Waals surface area (Å²) >= 11 is 0. The van der Waals surface area contributed by atoms with Gasteiger partial charge in [0.2, 0.25) is 0 Å². The molecule has 0 unspecified atom stereocenters. The van der Waals surface area contributed by atoms with Gasteiger partial charge in [-0.25, -0.2) is 4.98 Å². The van der Waals surface area contributed by atoms with Crippen molar-refractivity contribution in [2.75, 3.05) is 0 Å². The SMILES string of the molecule is C=Cc1nccc(=O)n1/C=C\C.CC. The molecule has 0 saturated carbocycles. The molecule has 1 rings (SSSR count). The van der Waals surface area contributed by atoms with Crippen LogP contribution in [0, 0.1) is 0 Å². The van der Waals surface area contributed by atoms with Gasteiger partial charge < -0.3 is 0 Å². The molecule has 0 aromatic carbocycles. The van der Waals surface area contributed by atoms with E-state index in [9.17, 15) is 4.79 Å². The lowest BCUT2D eigenvalue weighted by atomic mass is 10.5. The van der Waals surface area contributed by atoms with E-state index in [0.717, 1.165) is 0 Å². The van der Waals surface area contributed by atoms with Crippen LogP contribution in [0.25, 0.3) is 12.3 Å². The number of rotatable bonds is 2. The van der Waals surface area contributed by atoms with Gasteiger partial charge in [0, 0.05) is 18.5 Å². The Hall–Kier alpha value is -1.64. The molecule has 0 atom stereocenters. The molecular weight excluding hydrogens is 176 g/mol. The molecule has 76 valence electrons. The Morgan fingerprint density at radius 1 is 1.50 bits per heavy atom. The van der Waals surface area contributed by atoms with Crippen LogP contribution in [0.1, 0.15) is 26.6 Å². The predicted octanol–water partition coefficient (Wildman–Crippen LogP) is 2.40. The summed E-state index contributed by atoms with van der Waals surface area (Å²) in [6, 6.07) is 1.41. The molecule has 0 bridgehead atoms. The summed E-state index contributed by atoms with van der Waals surface area (Å²) in [6.45, 7) is 9.40. The van der Waals surface area contributed by atoms with Crippen LogP contribution in [-0.4, -0.2) is 9.55 Å². The zero-order chi connectivity index (χ0) is 11.0. The Kier molecular flexibility index (Phi) is 6.03. The average molecular weight is 192 g/mol. The minimum absolute atomic E-state index is 0.0991. The maximum atomic E-state index is 11.2. The van der Waals surface area contributed by atoms with Crippen molar-refractivity contribution < 1.29 is 0 Å². The summed E-state index contributed by atoms with van der Waals surface area (Å²) in [6.07, 6.45) is 6.45. The minimum Gasteiger partial charge on any atom is -0.269 e. The maximum Gasteiger partial charge on any atom is 0.257 e. The highest BCUT2D eigenvalue weighted by Crippen LogP contribution is 1.93. The van der Waals surface area contributed by atoms with Crippen molar-refractivity contribution in [1.29, 1.82) is 0 Å². The largest absolute Gasteiger partial charge is 0.269 e. The summed E-state index contributed by atoms with van der Waals surface area (Å²) in [5.74, 6) is 0.556. The first kappa shape index (κ1) is 12.4. The van der Waals surface area contributed by atoms with E-state index in [1.165, 1.54) is 16.8 Å². The Bertz CT molecular complexity index is 364. The normalized spacial score (nSPS) is 9.36. The van der Waals surface area contributed by atoms with E-state index in [2.05, 4.69) is 11.6 Å². The van der Waals surface area contributed by atoms with E-state index in [4.69, 9.17) is 0 Å². The highest BCUT2D eigenvalue weighted by atomic mass is 16.1. The van der Waals surface area contributed by atoms with Crippen LogP contribution in [0.4, 0.5) is 0 Å². The molecule has 0 amide bonds. The fraction of sp³-hybridized carbons (Fsp3) is 0.273. The fourth-order valence-electron chi connectivity index (χ4n) is 0.883. The van der Waals surface area contributed by atoms with Gasteiger partial charge in [0.1, 0.15) is 5.82 Å². The summed E-state index contributed by atoms with van der Waals surface area (Å²) in [4.78, 5) is 15.2. The second-order valence-corrected chi connectivity index (χ2v) is 2.20. The first-order valence-corrected chi connectivity index (χ1v) is 4.62. The molecule has 14 heavy (non-hydrogen) atoms. The van der Waals surface area contributed by atoms with Crippen molar-refractivity contribution in [2.24, 2.45) is 0 Å². The molecule has 0 aliphatic heterocycles. The second-order valence-electron chi connectivity index (χ2n) is 2.20. The molecule has 3 heteroatoms. The number of allylic oxidation sites excluding steroid dienone is 1. The van der Waals surface area contributed by atoms with Crippen molar-refractivity contribution in [3.8, 4) is 0 Å². The third-order valence-electron chi connectivity index (χ3n) is 1.39. The highest BCUT2D eigenvalue weighted by molar-refractivity contribution is 5.41. The van der Waals surface area contributed by atoms with E-state index >= 15 is 0 Å². The number of aromatic nitrogens is 2. The third-order valence-corrected chi connectivity index (χ3v) is 1.39. The van der Waals surface area contributed by atoms with Crippen LogP contribution in [0.15, 0.2) is 29.7 Å². The summed E-state index contributed by atoms with van der Waals surface area (Å²) in [5, 5.41) is 0. The van der Waals surface area contributed by atoms with Crippen LogP contribution in [0.3, 0.4) is 0 Å². The zero-order valence-electron chi connectivity index (χ0n) is 8.90. The van der Waals surface area contributed by atoms with Crippen LogP contribution >= 0.6 is 0 Å². The Morgan fingerprint density at radius 3 is 2.64 bits per heavy atom. The molecule has 0 radical (unpaired) electrons. The first-order valence-electron chi connectivity index (χ1n) is 4.62. The molecule has 3 nitrogen and oxygen atoms in total. The van der Waals surface area contributed by atoms with E-state index in [1.807, 2.05) is 20.8 Å². The van der Waals surface area contributed by atoms with Gasteiger partial charge in [-0.3, -0.25) is 9.36 Å². The molecule has 1 heterocycles. The van der Waals surface area contributed by atoms with Gasteiger partial charge in [-0.2, -0.15) is 0 Å². The van der Waals surface area contributed by atoms with Gasteiger partial charge in [-0.15, -0.1) is 0 Å². The summed E-state index contributed by atoms with van der Waals surface area (Å²) in [5.41, 5.74) is -0.0991. The van der Waals surface area contributed by atoms with Gasteiger partial charge in [0.25, 0.3) is 5.56 Å². The average Bonchev–Trinajstić information content (AvgIpc) is 2.24. The number of hydrogen-bond donors (Lipinski definition) is 0. The van der Waals surface area contributed by atoms with Gasteiger partial charge in [0.15, 0.2) is 0 Å². The van der Waals surface area contributed by atoms with Crippen molar-refractivity contribution in [3.05, 3.63) is 41.1 Å². The molecule has 0 N–H and O–H groups in total. The molecule has 0 spiro atoms. The Labute approximate surface area is 84.4 Å². The van der Waals surface area contributed by atoms with Crippen LogP contribution in [-0.2, 0) is 0 Å². The van der Waals surface area contributed by atoms with E-state index in [1.54, 1.807) is 18.4 Å². The van der Waals surface area contributed by atoms with Crippen LogP contribution in [0.5, 0.6) is 0 Å². The van der Waals surface area contributed by atoms with Crippen molar-refractivity contribution in [3.63, 3.8) is 0 Å². The predicted molar refractivity (Wildman–Crippen MR) is 60.9 cm³/mol. The van der Waals surface area contributed by atoms with Crippen molar-refractivity contribution in [2.45, 2.75) is 20.8 Å². The molecule has 1 aromatic heterocycles. The van der Waals surface area contributed by atoms with Crippen LogP contribution in [0.2, 0.25) is 0 Å². The Balaban J connectivity index is 0.000000791. The molecule has 0 aliphatic carbocycles. The molecule has 0 aliphatic rings. The lowest BCUT2D eigenvalue weighted by Crippen LogP contribution is -2.17. The van der Waals surface area contributed by atoms with E-state index < -0.39 is 0 Å². The molecular formula is C11H16N2O. The first-order chi connectivity index (χ1) is 6.79. The number of nitrogens with zero attached hydrogens (tertiary/aromatic N) is 2. The smallest absolute Gasteiger partial charge is 0.257 e. The third kappa shape index (κ3) is 3.01. The maximum absolute atomic E-state index is 11.2. The highest BCUT2D eigenvalue weighted by Gasteiger charge is 1.95. The van der Waals surface area contributed by atoms with E-state index in [-0.39, 0.29) is 5.56 Å². The van der Waals surface area contributed by atoms with Crippen LogP contribution < -0.4 is 5.56 Å².